The average Bonchev–Trinajstić information content (AvgIpc) is 2.59. The fourth-order valence-electron chi connectivity index (χ4n) is 3.00. The highest BCUT2D eigenvalue weighted by Crippen LogP contribution is 2.27. The summed E-state index contributed by atoms with van der Waals surface area (Å²) in [5.74, 6) is 0.966. The van der Waals surface area contributed by atoms with Gasteiger partial charge < -0.3 is 22.0 Å². The molecular formula is C21H23ClNO-. The van der Waals surface area contributed by atoms with Gasteiger partial charge in [0, 0.05) is 17.8 Å². The maximum absolute atomic E-state index is 6.09. The molecule has 0 N–H and O–H groups in total. The van der Waals surface area contributed by atoms with Gasteiger partial charge in [-0.3, -0.25) is 0 Å². The summed E-state index contributed by atoms with van der Waals surface area (Å²) in [6.07, 6.45) is 0.959. The Morgan fingerprint density at radius 3 is 2.25 bits per heavy atom. The predicted octanol–water partition coefficient (Wildman–Crippen LogP) is 1.92. The molecule has 3 heteroatoms. The lowest BCUT2D eigenvalue weighted by Crippen LogP contribution is -3.00. The third-order valence-corrected chi connectivity index (χ3v) is 4.21. The van der Waals surface area contributed by atoms with Crippen molar-refractivity contribution in [2.45, 2.75) is 12.5 Å². The summed E-state index contributed by atoms with van der Waals surface area (Å²) in [6.45, 7) is 0.700. The van der Waals surface area contributed by atoms with E-state index in [0.717, 1.165) is 12.2 Å². The monoisotopic (exact) mass is 340 g/mol. The molecule has 0 saturated carbocycles. The van der Waals surface area contributed by atoms with E-state index < -0.39 is 0 Å². The van der Waals surface area contributed by atoms with Gasteiger partial charge in [-0.1, -0.05) is 66.7 Å². The van der Waals surface area contributed by atoms with Crippen molar-refractivity contribution in [1.29, 1.82) is 0 Å². The summed E-state index contributed by atoms with van der Waals surface area (Å²) in [5, 5.41) is 2.40. The van der Waals surface area contributed by atoms with Gasteiger partial charge in [-0.2, -0.15) is 0 Å². The first-order valence-electron chi connectivity index (χ1n) is 8.07. The van der Waals surface area contributed by atoms with Crippen LogP contribution in [-0.2, 0) is 0 Å². The van der Waals surface area contributed by atoms with Gasteiger partial charge in [0.25, 0.3) is 0 Å². The largest absolute Gasteiger partial charge is 1.00 e. The third-order valence-electron chi connectivity index (χ3n) is 4.21. The van der Waals surface area contributed by atoms with E-state index in [4.69, 9.17) is 4.74 Å². The van der Waals surface area contributed by atoms with Crippen LogP contribution in [0, 0.1) is 0 Å². The molecule has 0 radical (unpaired) electrons. The predicted molar refractivity (Wildman–Crippen MR) is 96.9 cm³/mol. The molecule has 0 unspecified atom stereocenters. The molecule has 0 heterocycles. The molecule has 0 aliphatic rings. The first-order chi connectivity index (χ1) is 11.3. The maximum Gasteiger partial charge on any atom is 0.127 e. The first-order valence-corrected chi connectivity index (χ1v) is 8.07. The number of ether oxygens (including phenoxy) is 1. The van der Waals surface area contributed by atoms with Crippen LogP contribution < -0.4 is 17.1 Å². The van der Waals surface area contributed by atoms with Crippen LogP contribution in [0.2, 0.25) is 0 Å². The molecule has 0 aromatic heterocycles. The normalized spacial score (nSPS) is 12.0. The second kappa shape index (κ2) is 8.72. The van der Waals surface area contributed by atoms with Crippen molar-refractivity contribution < 1.29 is 17.1 Å². The lowest BCUT2D eigenvalue weighted by molar-refractivity contribution is -0.00000508. The number of hydrogen-bond donors (Lipinski definition) is 0. The minimum Gasteiger partial charge on any atom is -1.00 e. The number of hydrogen-bond acceptors (Lipinski definition) is 2. The van der Waals surface area contributed by atoms with Crippen molar-refractivity contribution in [1.82, 2.24) is 4.90 Å². The molecule has 0 aliphatic heterocycles. The Kier molecular flexibility index (Phi) is 6.65. The highest BCUT2D eigenvalue weighted by atomic mass is 35.5. The molecule has 0 fully saturated rings. The number of benzene rings is 3. The number of rotatable bonds is 6. The van der Waals surface area contributed by atoms with Gasteiger partial charge in [-0.15, -0.1) is 0 Å². The van der Waals surface area contributed by atoms with Gasteiger partial charge in [0.1, 0.15) is 5.75 Å². The van der Waals surface area contributed by atoms with Crippen molar-refractivity contribution in [3.63, 3.8) is 0 Å². The fraction of sp³-hybridized carbons (Fsp3) is 0.238. The Balaban J connectivity index is 0.00000208. The van der Waals surface area contributed by atoms with Crippen LogP contribution in [0.15, 0.2) is 72.8 Å². The molecule has 1 atom stereocenters. The SMILES string of the molecule is CN(C)[C@@H](CCOc1cccc2ccccc12)c1ccccc1.[Cl-]. The van der Waals surface area contributed by atoms with Crippen LogP contribution in [0.25, 0.3) is 10.8 Å². The molecule has 0 aliphatic carbocycles. The molecule has 126 valence electrons. The Labute approximate surface area is 150 Å². The summed E-state index contributed by atoms with van der Waals surface area (Å²) in [4.78, 5) is 2.25. The fourth-order valence-corrected chi connectivity index (χ4v) is 3.00. The quantitative estimate of drug-likeness (QED) is 0.680. The van der Waals surface area contributed by atoms with Gasteiger partial charge in [0.05, 0.1) is 6.61 Å². The number of fused-ring (bicyclic) bond motifs is 1. The van der Waals surface area contributed by atoms with Crippen molar-refractivity contribution in [2.75, 3.05) is 20.7 Å². The molecule has 3 aromatic rings. The summed E-state index contributed by atoms with van der Waals surface area (Å²) >= 11 is 0. The zero-order valence-corrected chi connectivity index (χ0v) is 14.9. The summed E-state index contributed by atoms with van der Waals surface area (Å²) in [5.41, 5.74) is 1.33. The van der Waals surface area contributed by atoms with Crippen molar-refractivity contribution in [2.24, 2.45) is 0 Å². The second-order valence-electron chi connectivity index (χ2n) is 6.00. The van der Waals surface area contributed by atoms with E-state index in [2.05, 4.69) is 91.8 Å². The van der Waals surface area contributed by atoms with Crippen LogP contribution in [-0.4, -0.2) is 25.6 Å². The molecule has 0 amide bonds. The average molecular weight is 341 g/mol. The summed E-state index contributed by atoms with van der Waals surface area (Å²) < 4.78 is 6.09. The van der Waals surface area contributed by atoms with Crippen molar-refractivity contribution in [3.05, 3.63) is 78.4 Å². The minimum absolute atomic E-state index is 0. The lowest BCUT2D eigenvalue weighted by Gasteiger charge is -2.25. The van der Waals surface area contributed by atoms with E-state index in [1.807, 2.05) is 0 Å². The second-order valence-corrected chi connectivity index (χ2v) is 6.00. The van der Waals surface area contributed by atoms with Crippen molar-refractivity contribution in [3.8, 4) is 5.75 Å². The Bertz CT molecular complexity index is 753. The van der Waals surface area contributed by atoms with Crippen LogP contribution in [0.5, 0.6) is 5.75 Å². The Hall–Kier alpha value is -2.03. The van der Waals surface area contributed by atoms with E-state index in [-0.39, 0.29) is 12.4 Å². The molecule has 0 spiro atoms. The molecule has 24 heavy (non-hydrogen) atoms. The number of halogens is 1. The van der Waals surface area contributed by atoms with E-state index in [1.165, 1.54) is 16.3 Å². The number of nitrogens with zero attached hydrogens (tertiary/aromatic N) is 1. The smallest absolute Gasteiger partial charge is 0.127 e. The maximum atomic E-state index is 6.09. The van der Waals surface area contributed by atoms with Crippen LogP contribution in [0.3, 0.4) is 0 Å². The van der Waals surface area contributed by atoms with Crippen LogP contribution >= 0.6 is 0 Å². The molecule has 0 bridgehead atoms. The van der Waals surface area contributed by atoms with Gasteiger partial charge in [0.2, 0.25) is 0 Å². The van der Waals surface area contributed by atoms with Gasteiger partial charge in [-0.25, -0.2) is 0 Å². The highest BCUT2D eigenvalue weighted by molar-refractivity contribution is 5.88. The topological polar surface area (TPSA) is 12.5 Å². The van der Waals surface area contributed by atoms with E-state index >= 15 is 0 Å². The molecule has 3 rings (SSSR count). The zero-order chi connectivity index (χ0) is 16.1. The van der Waals surface area contributed by atoms with Crippen LogP contribution in [0.1, 0.15) is 18.0 Å². The van der Waals surface area contributed by atoms with E-state index in [0.29, 0.717) is 12.6 Å². The van der Waals surface area contributed by atoms with Crippen molar-refractivity contribution >= 4 is 10.8 Å². The lowest BCUT2D eigenvalue weighted by atomic mass is 10.0. The minimum atomic E-state index is 0. The summed E-state index contributed by atoms with van der Waals surface area (Å²) in [7, 11) is 4.24. The Morgan fingerprint density at radius 2 is 1.50 bits per heavy atom. The first kappa shape index (κ1) is 18.3. The third kappa shape index (κ3) is 4.28. The highest BCUT2D eigenvalue weighted by Gasteiger charge is 2.14. The van der Waals surface area contributed by atoms with Crippen LogP contribution in [0.4, 0.5) is 0 Å². The van der Waals surface area contributed by atoms with Gasteiger partial charge in [0.15, 0.2) is 0 Å². The zero-order valence-electron chi connectivity index (χ0n) is 14.2. The van der Waals surface area contributed by atoms with Gasteiger partial charge in [-0.05, 0) is 31.1 Å². The molecule has 2 nitrogen and oxygen atoms in total. The van der Waals surface area contributed by atoms with E-state index in [9.17, 15) is 0 Å². The molecule has 3 aromatic carbocycles. The Morgan fingerprint density at radius 1 is 0.833 bits per heavy atom. The standard InChI is InChI=1S/C21H23NO.ClH/c1-22(2)20(18-10-4-3-5-11-18)15-16-23-21-14-8-12-17-9-6-7-13-19(17)21;/h3-14,20H,15-16H2,1-2H3;1H/p-1/t20-;/m0./s1. The van der Waals surface area contributed by atoms with E-state index in [1.54, 1.807) is 0 Å². The van der Waals surface area contributed by atoms with Gasteiger partial charge >= 0.3 is 0 Å². The summed E-state index contributed by atoms with van der Waals surface area (Å²) in [6, 6.07) is 25.6. The molecular weight excluding hydrogens is 318 g/mol. The molecule has 0 saturated heterocycles.